The molecule has 3 N–H and O–H groups in total. The first-order valence-corrected chi connectivity index (χ1v) is 5.19. The number of carbonyl (C=O) groups excluding carboxylic acids is 1. The molecule has 5 nitrogen and oxygen atoms in total. The third-order valence-electron chi connectivity index (χ3n) is 2.33. The average molecular weight is 252 g/mol. The molecule has 0 aliphatic rings. The lowest BCUT2D eigenvalue weighted by molar-refractivity contribution is 0.0601. The Morgan fingerprint density at radius 1 is 1.41 bits per heavy atom. The van der Waals surface area contributed by atoms with Gasteiger partial charge >= 0.3 is 5.97 Å². The molecule has 1 heterocycles. The Kier molecular flexibility index (Phi) is 3.01. The van der Waals surface area contributed by atoms with Crippen molar-refractivity contribution in [1.82, 2.24) is 10.2 Å². The summed E-state index contributed by atoms with van der Waals surface area (Å²) in [5.41, 5.74) is 7.42. The number of ether oxygens (including phenoxy) is 1. The molecule has 17 heavy (non-hydrogen) atoms. The quantitative estimate of drug-likeness (QED) is 0.801. The first kappa shape index (κ1) is 11.5. The highest BCUT2D eigenvalue weighted by molar-refractivity contribution is 6.35. The lowest BCUT2D eigenvalue weighted by atomic mass is 10.1. The first-order valence-electron chi connectivity index (χ1n) is 4.81. The molecule has 0 unspecified atom stereocenters. The maximum Gasteiger partial charge on any atom is 0.337 e. The Hall–Kier alpha value is -2.01. The van der Waals surface area contributed by atoms with E-state index in [9.17, 15) is 4.79 Å². The van der Waals surface area contributed by atoms with Gasteiger partial charge in [0, 0.05) is 5.56 Å². The van der Waals surface area contributed by atoms with Gasteiger partial charge in [-0.1, -0.05) is 23.7 Å². The van der Waals surface area contributed by atoms with E-state index in [1.165, 1.54) is 7.11 Å². The van der Waals surface area contributed by atoms with Gasteiger partial charge in [0.2, 0.25) is 0 Å². The molecule has 2 rings (SSSR count). The van der Waals surface area contributed by atoms with Crippen molar-refractivity contribution in [1.29, 1.82) is 0 Å². The van der Waals surface area contributed by atoms with E-state index in [1.807, 2.05) is 0 Å². The third kappa shape index (κ3) is 2.09. The zero-order chi connectivity index (χ0) is 12.4. The van der Waals surface area contributed by atoms with Crippen molar-refractivity contribution in [2.45, 2.75) is 0 Å². The number of nitrogens with one attached hydrogen (secondary N) is 1. The van der Waals surface area contributed by atoms with Crippen LogP contribution in [0.5, 0.6) is 0 Å². The molecule has 1 aromatic carbocycles. The highest BCUT2D eigenvalue weighted by Gasteiger charge is 2.11. The van der Waals surface area contributed by atoms with Crippen molar-refractivity contribution in [3.63, 3.8) is 0 Å². The van der Waals surface area contributed by atoms with Crippen LogP contribution in [0.2, 0.25) is 5.02 Å². The molecule has 0 bridgehead atoms. The smallest absolute Gasteiger partial charge is 0.337 e. The van der Waals surface area contributed by atoms with Gasteiger partial charge < -0.3 is 10.5 Å². The highest BCUT2D eigenvalue weighted by atomic mass is 35.5. The van der Waals surface area contributed by atoms with E-state index in [2.05, 4.69) is 14.9 Å². The minimum Gasteiger partial charge on any atom is -0.465 e. The molecule has 1 aromatic heterocycles. The molecule has 0 saturated heterocycles. The van der Waals surface area contributed by atoms with Crippen LogP contribution >= 0.6 is 11.6 Å². The summed E-state index contributed by atoms with van der Waals surface area (Å²) in [5, 5.41) is 6.90. The summed E-state index contributed by atoms with van der Waals surface area (Å²) >= 11 is 5.96. The van der Waals surface area contributed by atoms with Crippen LogP contribution in [0, 0.1) is 0 Å². The predicted octanol–water partition coefficient (Wildman–Crippen LogP) is 2.10. The fourth-order valence-electron chi connectivity index (χ4n) is 1.42. The highest BCUT2D eigenvalue weighted by Crippen LogP contribution is 2.29. The second-order valence-electron chi connectivity index (χ2n) is 3.37. The number of nitrogens with two attached hydrogens (primary N) is 1. The number of aromatic amines is 1. The van der Waals surface area contributed by atoms with Crippen LogP contribution in [0.3, 0.4) is 0 Å². The Bertz CT molecular complexity index is 548. The average Bonchev–Trinajstić information content (AvgIpc) is 2.69. The molecule has 0 radical (unpaired) electrons. The van der Waals surface area contributed by atoms with Crippen molar-refractivity contribution in [3.05, 3.63) is 34.9 Å². The van der Waals surface area contributed by atoms with E-state index >= 15 is 0 Å². The van der Waals surface area contributed by atoms with E-state index in [1.54, 1.807) is 24.3 Å². The van der Waals surface area contributed by atoms with Gasteiger partial charge in [0.1, 0.15) is 5.02 Å². The number of anilines is 1. The molecular weight excluding hydrogens is 242 g/mol. The van der Waals surface area contributed by atoms with Crippen LogP contribution < -0.4 is 5.73 Å². The van der Waals surface area contributed by atoms with Crippen molar-refractivity contribution >= 4 is 23.4 Å². The lowest BCUT2D eigenvalue weighted by Crippen LogP contribution is -2.00. The number of nitrogen functional groups attached to an aromatic ring is 1. The fourth-order valence-corrected chi connectivity index (χ4v) is 1.62. The third-order valence-corrected chi connectivity index (χ3v) is 2.71. The van der Waals surface area contributed by atoms with Crippen LogP contribution in [0.15, 0.2) is 24.3 Å². The number of rotatable bonds is 2. The summed E-state index contributed by atoms with van der Waals surface area (Å²) in [6.45, 7) is 0. The van der Waals surface area contributed by atoms with Crippen LogP contribution in [0.1, 0.15) is 10.4 Å². The molecule has 88 valence electrons. The van der Waals surface area contributed by atoms with Crippen molar-refractivity contribution in [2.75, 3.05) is 12.8 Å². The molecule has 0 amide bonds. The van der Waals surface area contributed by atoms with Gasteiger partial charge in [0.05, 0.1) is 18.4 Å². The number of hydrogen-bond donors (Lipinski definition) is 2. The monoisotopic (exact) mass is 251 g/mol. The number of benzene rings is 1. The van der Waals surface area contributed by atoms with Gasteiger partial charge in [0.25, 0.3) is 0 Å². The van der Waals surface area contributed by atoms with Crippen LogP contribution in [-0.4, -0.2) is 23.3 Å². The summed E-state index contributed by atoms with van der Waals surface area (Å²) in [4.78, 5) is 11.2. The van der Waals surface area contributed by atoms with Crippen LogP contribution in [0.4, 0.5) is 5.82 Å². The normalized spacial score (nSPS) is 10.2. The molecule has 0 spiro atoms. The van der Waals surface area contributed by atoms with E-state index in [0.29, 0.717) is 16.3 Å². The van der Waals surface area contributed by atoms with E-state index in [4.69, 9.17) is 17.3 Å². The van der Waals surface area contributed by atoms with E-state index in [0.717, 1.165) is 5.56 Å². The number of halogens is 1. The summed E-state index contributed by atoms with van der Waals surface area (Å²) in [6, 6.07) is 6.78. The first-order chi connectivity index (χ1) is 8.13. The standard InChI is InChI=1S/C11H10ClN3O2/c1-17-11(16)7-4-2-6(3-5-7)9-8(12)10(13)15-14-9/h2-5H,1H3,(H3,13,14,15). The second kappa shape index (κ2) is 4.47. The van der Waals surface area contributed by atoms with Crippen LogP contribution in [0.25, 0.3) is 11.3 Å². The van der Waals surface area contributed by atoms with Gasteiger partial charge in [-0.05, 0) is 12.1 Å². The number of aromatic nitrogens is 2. The molecule has 0 aliphatic carbocycles. The molecule has 2 aromatic rings. The Morgan fingerprint density at radius 2 is 2.06 bits per heavy atom. The molecule has 0 aliphatic heterocycles. The van der Waals surface area contributed by atoms with Gasteiger partial charge in [0.15, 0.2) is 5.82 Å². The number of H-pyrrole nitrogens is 1. The fraction of sp³-hybridized carbons (Fsp3) is 0.0909. The maximum atomic E-state index is 11.2. The van der Waals surface area contributed by atoms with Gasteiger partial charge in [-0.2, -0.15) is 5.10 Å². The van der Waals surface area contributed by atoms with Gasteiger partial charge in [-0.3, -0.25) is 5.10 Å². The summed E-state index contributed by atoms with van der Waals surface area (Å²) < 4.78 is 4.60. The summed E-state index contributed by atoms with van der Waals surface area (Å²) in [6.07, 6.45) is 0. The van der Waals surface area contributed by atoms with Crippen molar-refractivity contribution < 1.29 is 9.53 Å². The SMILES string of the molecule is COC(=O)c1ccc(-c2[nH]nc(N)c2Cl)cc1. The Morgan fingerprint density at radius 3 is 2.53 bits per heavy atom. The van der Waals surface area contributed by atoms with Crippen LogP contribution in [-0.2, 0) is 4.74 Å². The number of nitrogens with zero attached hydrogens (tertiary/aromatic N) is 1. The molecule has 0 atom stereocenters. The molecule has 6 heteroatoms. The van der Waals surface area contributed by atoms with Crippen molar-refractivity contribution in [3.8, 4) is 11.3 Å². The van der Waals surface area contributed by atoms with Crippen molar-refractivity contribution in [2.24, 2.45) is 0 Å². The number of methoxy groups -OCH3 is 1. The largest absolute Gasteiger partial charge is 0.465 e. The number of hydrogen-bond acceptors (Lipinski definition) is 4. The number of carbonyl (C=O) groups is 1. The van der Waals surface area contributed by atoms with Gasteiger partial charge in [-0.25, -0.2) is 4.79 Å². The van der Waals surface area contributed by atoms with E-state index < -0.39 is 0 Å². The second-order valence-corrected chi connectivity index (χ2v) is 3.74. The Labute approximate surface area is 103 Å². The maximum absolute atomic E-state index is 11.2. The topological polar surface area (TPSA) is 81.0 Å². The predicted molar refractivity (Wildman–Crippen MR) is 64.8 cm³/mol. The lowest BCUT2D eigenvalue weighted by Gasteiger charge is -2.01. The van der Waals surface area contributed by atoms with E-state index in [-0.39, 0.29) is 11.8 Å². The molecular formula is C11H10ClN3O2. The molecule has 0 fully saturated rings. The summed E-state index contributed by atoms with van der Waals surface area (Å²) in [5.74, 6) is -0.134. The molecule has 0 saturated carbocycles. The minimum absolute atomic E-state index is 0.249. The summed E-state index contributed by atoms with van der Waals surface area (Å²) in [7, 11) is 1.34. The zero-order valence-corrected chi connectivity index (χ0v) is 9.78. The Balaban J connectivity index is 2.36. The number of esters is 1. The van der Waals surface area contributed by atoms with Gasteiger partial charge in [-0.15, -0.1) is 0 Å². The minimum atomic E-state index is -0.383. The zero-order valence-electron chi connectivity index (χ0n) is 9.03.